The van der Waals surface area contributed by atoms with Crippen LogP contribution in [0.15, 0.2) is 77.5 Å². The molecule has 1 aliphatic heterocycles. The molecular weight excluding hydrogens is 460 g/mol. The van der Waals surface area contributed by atoms with Crippen LogP contribution in [0.5, 0.6) is 0 Å². The Morgan fingerprint density at radius 2 is 1.83 bits per heavy atom. The lowest BCUT2D eigenvalue weighted by molar-refractivity contribution is -0.127. The highest BCUT2D eigenvalue weighted by atomic mass is 32.2. The summed E-state index contributed by atoms with van der Waals surface area (Å²) in [7, 11) is 0. The summed E-state index contributed by atoms with van der Waals surface area (Å²) in [5, 5.41) is 3.05. The van der Waals surface area contributed by atoms with Crippen LogP contribution in [-0.4, -0.2) is 39.0 Å². The van der Waals surface area contributed by atoms with E-state index in [9.17, 15) is 9.59 Å². The number of carbonyl (C=O) groups is 2. The summed E-state index contributed by atoms with van der Waals surface area (Å²) < 4.78 is 5.90. The van der Waals surface area contributed by atoms with Gasteiger partial charge in [-0.15, -0.1) is 0 Å². The van der Waals surface area contributed by atoms with Crippen molar-refractivity contribution in [1.82, 2.24) is 14.9 Å². The smallest absolute Gasteiger partial charge is 0.246 e. The number of anilines is 1. The van der Waals surface area contributed by atoms with Crippen molar-refractivity contribution in [2.24, 2.45) is 0 Å². The molecule has 1 amide bonds. The molecule has 3 aromatic rings. The van der Waals surface area contributed by atoms with Crippen LogP contribution in [0.4, 0.5) is 5.82 Å². The predicted molar refractivity (Wildman–Crippen MR) is 138 cm³/mol. The van der Waals surface area contributed by atoms with E-state index in [4.69, 9.17) is 4.74 Å². The molecule has 7 nitrogen and oxygen atoms in total. The van der Waals surface area contributed by atoms with Gasteiger partial charge in [0.05, 0.1) is 26.3 Å². The number of ether oxygens (including phenoxy) is 1. The van der Waals surface area contributed by atoms with Gasteiger partial charge in [-0.1, -0.05) is 60.7 Å². The average molecular weight is 489 g/mol. The average Bonchev–Trinajstić information content (AvgIpc) is 3.05. The monoisotopic (exact) mass is 488 g/mol. The molecule has 2 heterocycles. The zero-order chi connectivity index (χ0) is 24.6. The first-order valence-electron chi connectivity index (χ1n) is 11.5. The van der Waals surface area contributed by atoms with Crippen molar-refractivity contribution >= 4 is 28.6 Å². The Hall–Kier alpha value is -3.49. The number of amides is 1. The van der Waals surface area contributed by atoms with E-state index in [1.807, 2.05) is 62.4 Å². The van der Waals surface area contributed by atoms with Crippen LogP contribution in [-0.2, 0) is 22.7 Å². The van der Waals surface area contributed by atoms with E-state index in [1.54, 1.807) is 23.2 Å². The number of thioether (sulfide) groups is 1. The second-order valence-corrected chi connectivity index (χ2v) is 9.24. The molecule has 1 aromatic heterocycles. The van der Waals surface area contributed by atoms with Gasteiger partial charge < -0.3 is 15.0 Å². The van der Waals surface area contributed by atoms with Crippen molar-refractivity contribution in [3.05, 3.63) is 100.0 Å². The third-order valence-electron chi connectivity index (χ3n) is 5.64. The molecule has 0 unspecified atom stereocenters. The summed E-state index contributed by atoms with van der Waals surface area (Å²) in [6.45, 7) is 5.07. The van der Waals surface area contributed by atoms with Gasteiger partial charge in [-0.05, 0) is 31.2 Å². The lowest BCUT2D eigenvalue weighted by Gasteiger charge is -2.24. The molecule has 8 heteroatoms. The molecule has 1 N–H and O–H groups in total. The van der Waals surface area contributed by atoms with Gasteiger partial charge in [-0.2, -0.15) is 0 Å². The molecule has 0 spiro atoms. The molecule has 0 aliphatic carbocycles. The Balaban J connectivity index is 1.55. The fourth-order valence-corrected chi connectivity index (χ4v) is 4.63. The molecule has 35 heavy (non-hydrogen) atoms. The highest BCUT2D eigenvalue weighted by molar-refractivity contribution is 8.17. The third-order valence-corrected chi connectivity index (χ3v) is 6.81. The van der Waals surface area contributed by atoms with Crippen LogP contribution in [0.25, 0.3) is 0 Å². The second kappa shape index (κ2) is 11.8. The number of carbonyl (C=O) groups excluding carboxylic acids is 2. The minimum atomic E-state index is -0.0892. The van der Waals surface area contributed by atoms with Crippen LogP contribution < -0.4 is 5.32 Å². The number of aromatic nitrogens is 2. The van der Waals surface area contributed by atoms with Crippen molar-refractivity contribution in [3.8, 4) is 0 Å². The molecule has 0 radical (unpaired) electrons. The number of hydrogen-bond acceptors (Lipinski definition) is 7. The zero-order valence-corrected chi connectivity index (χ0v) is 20.7. The van der Waals surface area contributed by atoms with Gasteiger partial charge in [0.2, 0.25) is 11.0 Å². The van der Waals surface area contributed by atoms with Gasteiger partial charge in [-0.25, -0.2) is 9.97 Å². The highest BCUT2D eigenvalue weighted by Crippen LogP contribution is 2.31. The largest absolute Gasteiger partial charge is 0.376 e. The van der Waals surface area contributed by atoms with Crippen molar-refractivity contribution < 1.29 is 14.3 Å². The molecule has 0 saturated heterocycles. The standard InChI is InChI=1S/C27H28N4O3S/c1-19(31-17-23-15-28-20(2)30-26(23)29-16-25(31)32)24(35-27(33)22-11-7-4-8-12-22)13-14-34-18-21-9-5-3-6-10-21/h3-12,15H,13-14,16-18H2,1-2H3,(H,28,29,30)/b24-19-. The molecule has 1 aliphatic rings. The third kappa shape index (κ3) is 6.55. The lowest BCUT2D eigenvalue weighted by Crippen LogP contribution is -2.32. The van der Waals surface area contributed by atoms with Gasteiger partial charge in [0.15, 0.2) is 0 Å². The minimum absolute atomic E-state index is 0.0669. The quantitative estimate of drug-likeness (QED) is 0.449. The summed E-state index contributed by atoms with van der Waals surface area (Å²) in [4.78, 5) is 37.3. The van der Waals surface area contributed by atoms with Crippen molar-refractivity contribution in [1.29, 1.82) is 0 Å². The number of nitrogens with zero attached hydrogens (tertiary/aromatic N) is 3. The van der Waals surface area contributed by atoms with Crippen LogP contribution >= 0.6 is 11.8 Å². The minimum Gasteiger partial charge on any atom is -0.376 e. The number of benzene rings is 2. The van der Waals surface area contributed by atoms with Gasteiger partial charge in [-0.3, -0.25) is 9.59 Å². The number of hydrogen-bond donors (Lipinski definition) is 1. The van der Waals surface area contributed by atoms with E-state index < -0.39 is 0 Å². The maximum atomic E-state index is 13.0. The first-order valence-corrected chi connectivity index (χ1v) is 12.3. The maximum Gasteiger partial charge on any atom is 0.246 e. The van der Waals surface area contributed by atoms with Crippen molar-refractivity contribution in [3.63, 3.8) is 0 Å². The first-order chi connectivity index (χ1) is 17.0. The molecular formula is C27H28N4O3S. The normalized spacial score (nSPS) is 14.0. The second-order valence-electron chi connectivity index (χ2n) is 8.18. The Morgan fingerprint density at radius 1 is 1.11 bits per heavy atom. The molecule has 0 atom stereocenters. The van der Waals surface area contributed by atoms with Crippen molar-refractivity contribution in [2.75, 3.05) is 18.5 Å². The van der Waals surface area contributed by atoms with E-state index in [1.165, 1.54) is 0 Å². The molecule has 0 saturated carbocycles. The summed E-state index contributed by atoms with van der Waals surface area (Å²) in [6, 6.07) is 19.1. The van der Waals surface area contributed by atoms with Crippen LogP contribution in [0.1, 0.15) is 40.7 Å². The van der Waals surface area contributed by atoms with Gasteiger partial charge in [0, 0.05) is 34.3 Å². The van der Waals surface area contributed by atoms with E-state index in [0.717, 1.165) is 33.5 Å². The van der Waals surface area contributed by atoms with Crippen molar-refractivity contribution in [2.45, 2.75) is 33.4 Å². The Bertz CT molecular complexity index is 1220. The Kier molecular flexibility index (Phi) is 8.28. The van der Waals surface area contributed by atoms with Gasteiger partial charge in [0.25, 0.3) is 0 Å². The summed E-state index contributed by atoms with van der Waals surface area (Å²) in [5.41, 5.74) is 3.28. The topological polar surface area (TPSA) is 84.4 Å². The molecule has 180 valence electrons. The lowest BCUT2D eigenvalue weighted by atomic mass is 10.2. The molecule has 4 rings (SSSR count). The predicted octanol–water partition coefficient (Wildman–Crippen LogP) is 4.95. The SMILES string of the molecule is C/C(=C(\CCOCc1ccccc1)SC(=O)c1ccccc1)N1Cc2cnc(C)nc2NCC1=O. The Labute approximate surface area is 209 Å². The summed E-state index contributed by atoms with van der Waals surface area (Å²) >= 11 is 1.15. The van der Waals surface area contributed by atoms with Crippen LogP contribution in [0.3, 0.4) is 0 Å². The maximum absolute atomic E-state index is 13.0. The van der Waals surface area contributed by atoms with E-state index in [-0.39, 0.29) is 17.6 Å². The Morgan fingerprint density at radius 3 is 2.57 bits per heavy atom. The number of fused-ring (bicyclic) bond motifs is 1. The summed E-state index contributed by atoms with van der Waals surface area (Å²) in [6.07, 6.45) is 2.25. The number of aryl methyl sites for hydroxylation is 1. The van der Waals surface area contributed by atoms with E-state index >= 15 is 0 Å². The van der Waals surface area contributed by atoms with Gasteiger partial charge >= 0.3 is 0 Å². The number of rotatable bonds is 8. The van der Waals surface area contributed by atoms with Crippen LogP contribution in [0, 0.1) is 6.92 Å². The van der Waals surface area contributed by atoms with E-state index in [2.05, 4.69) is 15.3 Å². The van der Waals surface area contributed by atoms with Gasteiger partial charge in [0.1, 0.15) is 11.6 Å². The zero-order valence-electron chi connectivity index (χ0n) is 19.9. The summed E-state index contributed by atoms with van der Waals surface area (Å²) in [5.74, 6) is 1.22. The van der Waals surface area contributed by atoms with E-state index in [0.29, 0.717) is 43.4 Å². The fourth-order valence-electron chi connectivity index (χ4n) is 3.71. The molecule has 0 fully saturated rings. The molecule has 0 bridgehead atoms. The molecule has 2 aromatic carbocycles. The number of allylic oxidation sites excluding steroid dienone is 1. The first kappa shape index (κ1) is 24.6. The highest BCUT2D eigenvalue weighted by Gasteiger charge is 2.25. The van der Waals surface area contributed by atoms with Crippen LogP contribution in [0.2, 0.25) is 0 Å². The number of nitrogens with one attached hydrogen (secondary N) is 1. The fraction of sp³-hybridized carbons (Fsp3) is 0.259.